The molecule has 2 rings (SSSR count). The second kappa shape index (κ2) is 5.22. The normalized spacial score (nSPS) is 10.2. The molecule has 4 N–H and O–H groups in total. The van der Waals surface area contributed by atoms with E-state index in [-0.39, 0.29) is 22.8 Å². The number of amides is 1. The third-order valence-corrected chi connectivity index (χ3v) is 2.86. The SMILES string of the molecule is Nc1nonc1C(=O)Nc1ccc(I)cc1C(=O)O. The number of nitrogen functional groups attached to an aromatic ring is 1. The number of hydrogen-bond acceptors (Lipinski definition) is 6. The second-order valence-electron chi connectivity index (χ2n) is 3.45. The molecule has 0 saturated carbocycles. The number of aromatic nitrogens is 2. The Bertz CT molecular complexity index is 655. The zero-order valence-electron chi connectivity index (χ0n) is 9.25. The number of carboxylic acids is 1. The van der Waals surface area contributed by atoms with Crippen molar-refractivity contribution < 1.29 is 19.3 Å². The van der Waals surface area contributed by atoms with Crippen LogP contribution in [-0.4, -0.2) is 27.3 Å². The zero-order valence-corrected chi connectivity index (χ0v) is 11.4. The Hall–Kier alpha value is -2.17. The number of benzene rings is 1. The van der Waals surface area contributed by atoms with Gasteiger partial charge in [0.25, 0.3) is 5.91 Å². The van der Waals surface area contributed by atoms with E-state index in [1.165, 1.54) is 12.1 Å². The van der Waals surface area contributed by atoms with E-state index < -0.39 is 11.9 Å². The third kappa shape index (κ3) is 2.81. The highest BCUT2D eigenvalue weighted by atomic mass is 127. The van der Waals surface area contributed by atoms with Crippen LogP contribution in [0.5, 0.6) is 0 Å². The summed E-state index contributed by atoms with van der Waals surface area (Å²) in [7, 11) is 0. The summed E-state index contributed by atoms with van der Waals surface area (Å²) in [5.74, 6) is -2.01. The van der Waals surface area contributed by atoms with Crippen LogP contribution in [0.15, 0.2) is 22.8 Å². The Kier molecular flexibility index (Phi) is 3.64. The van der Waals surface area contributed by atoms with Crippen molar-refractivity contribution in [2.45, 2.75) is 0 Å². The van der Waals surface area contributed by atoms with Crippen LogP contribution in [0.25, 0.3) is 0 Å². The van der Waals surface area contributed by atoms with Crippen LogP contribution in [-0.2, 0) is 0 Å². The number of nitrogens with zero attached hydrogens (tertiary/aromatic N) is 2. The van der Waals surface area contributed by atoms with Crippen molar-refractivity contribution in [2.75, 3.05) is 11.1 Å². The van der Waals surface area contributed by atoms with Gasteiger partial charge in [-0.1, -0.05) is 0 Å². The van der Waals surface area contributed by atoms with Gasteiger partial charge in [-0.25, -0.2) is 9.42 Å². The van der Waals surface area contributed by atoms with Crippen molar-refractivity contribution in [1.82, 2.24) is 10.3 Å². The first kappa shape index (κ1) is 13.3. The Morgan fingerprint density at radius 2 is 2.11 bits per heavy atom. The molecule has 0 unspecified atom stereocenters. The Morgan fingerprint density at radius 1 is 1.37 bits per heavy atom. The van der Waals surface area contributed by atoms with E-state index in [0.717, 1.165) is 3.57 Å². The van der Waals surface area contributed by atoms with Gasteiger partial charge in [0.1, 0.15) is 0 Å². The summed E-state index contributed by atoms with van der Waals surface area (Å²) in [4.78, 5) is 22.9. The summed E-state index contributed by atoms with van der Waals surface area (Å²) >= 11 is 1.97. The highest BCUT2D eigenvalue weighted by molar-refractivity contribution is 14.1. The fourth-order valence-corrected chi connectivity index (χ4v) is 1.83. The van der Waals surface area contributed by atoms with Crippen LogP contribution in [0.4, 0.5) is 11.5 Å². The van der Waals surface area contributed by atoms with Crippen LogP contribution >= 0.6 is 22.6 Å². The van der Waals surface area contributed by atoms with E-state index in [1.807, 2.05) is 22.6 Å². The molecule has 0 spiro atoms. The summed E-state index contributed by atoms with van der Waals surface area (Å²) in [6.07, 6.45) is 0. The molecular weight excluding hydrogens is 367 g/mol. The van der Waals surface area contributed by atoms with Gasteiger partial charge in [-0.2, -0.15) is 0 Å². The molecular formula is C10H7IN4O4. The molecule has 0 aliphatic carbocycles. The van der Waals surface area contributed by atoms with Gasteiger partial charge in [-0.05, 0) is 51.1 Å². The van der Waals surface area contributed by atoms with Gasteiger partial charge in [-0.15, -0.1) is 0 Å². The van der Waals surface area contributed by atoms with E-state index in [2.05, 4.69) is 20.3 Å². The van der Waals surface area contributed by atoms with E-state index >= 15 is 0 Å². The predicted octanol–water partition coefficient (Wildman–Crippen LogP) is 1.21. The van der Waals surface area contributed by atoms with Crippen LogP contribution in [0.3, 0.4) is 0 Å². The van der Waals surface area contributed by atoms with Crippen molar-refractivity contribution in [3.8, 4) is 0 Å². The molecule has 0 fully saturated rings. The minimum atomic E-state index is -1.15. The first-order valence-electron chi connectivity index (χ1n) is 4.91. The number of carbonyl (C=O) groups excluding carboxylic acids is 1. The number of carbonyl (C=O) groups is 2. The molecule has 9 heteroatoms. The van der Waals surface area contributed by atoms with Crippen molar-refractivity contribution in [1.29, 1.82) is 0 Å². The van der Waals surface area contributed by atoms with Gasteiger partial charge in [0.15, 0.2) is 0 Å². The minimum Gasteiger partial charge on any atom is -0.478 e. The fraction of sp³-hybridized carbons (Fsp3) is 0. The molecule has 0 saturated heterocycles. The summed E-state index contributed by atoms with van der Waals surface area (Å²) in [5, 5.41) is 18.1. The highest BCUT2D eigenvalue weighted by Gasteiger charge is 2.19. The Morgan fingerprint density at radius 3 is 2.68 bits per heavy atom. The molecule has 1 amide bonds. The molecule has 1 heterocycles. The van der Waals surface area contributed by atoms with Crippen LogP contribution < -0.4 is 11.1 Å². The molecule has 2 aromatic rings. The lowest BCUT2D eigenvalue weighted by Gasteiger charge is -2.07. The van der Waals surface area contributed by atoms with E-state index in [0.29, 0.717) is 0 Å². The third-order valence-electron chi connectivity index (χ3n) is 2.19. The quantitative estimate of drug-likeness (QED) is 0.688. The monoisotopic (exact) mass is 374 g/mol. The van der Waals surface area contributed by atoms with Crippen molar-refractivity contribution in [3.63, 3.8) is 0 Å². The maximum atomic E-state index is 11.8. The maximum Gasteiger partial charge on any atom is 0.337 e. The molecule has 1 aromatic carbocycles. The molecule has 1 aromatic heterocycles. The average Bonchev–Trinajstić information content (AvgIpc) is 2.77. The first-order valence-corrected chi connectivity index (χ1v) is 5.99. The van der Waals surface area contributed by atoms with E-state index in [1.54, 1.807) is 6.07 Å². The first-order chi connectivity index (χ1) is 8.99. The predicted molar refractivity (Wildman–Crippen MR) is 72.8 cm³/mol. The number of rotatable bonds is 3. The number of anilines is 2. The smallest absolute Gasteiger partial charge is 0.337 e. The summed E-state index contributed by atoms with van der Waals surface area (Å²) in [6, 6.07) is 4.57. The topological polar surface area (TPSA) is 131 Å². The number of carboxylic acid groups (broad SMARTS) is 1. The summed E-state index contributed by atoms with van der Waals surface area (Å²) < 4.78 is 5.03. The number of aromatic carboxylic acids is 1. The molecule has 0 atom stereocenters. The second-order valence-corrected chi connectivity index (χ2v) is 4.69. The highest BCUT2D eigenvalue weighted by Crippen LogP contribution is 2.20. The standard InChI is InChI=1S/C10H7IN4O4/c11-4-1-2-6(5(3-4)10(17)18)13-9(16)7-8(12)15-19-14-7/h1-3H,(H2,12,15)(H,13,16)(H,17,18). The lowest BCUT2D eigenvalue weighted by atomic mass is 10.2. The molecule has 0 radical (unpaired) electrons. The summed E-state index contributed by atoms with van der Waals surface area (Å²) in [5.41, 5.74) is 5.28. The van der Waals surface area contributed by atoms with Gasteiger partial charge in [0.2, 0.25) is 11.5 Å². The molecule has 0 aliphatic rings. The van der Waals surface area contributed by atoms with Gasteiger partial charge in [0.05, 0.1) is 11.3 Å². The van der Waals surface area contributed by atoms with E-state index in [9.17, 15) is 9.59 Å². The molecule has 0 bridgehead atoms. The summed E-state index contributed by atoms with van der Waals surface area (Å²) in [6.45, 7) is 0. The van der Waals surface area contributed by atoms with Gasteiger partial charge < -0.3 is 16.2 Å². The molecule has 0 aliphatic heterocycles. The average molecular weight is 374 g/mol. The Balaban J connectivity index is 2.32. The fourth-order valence-electron chi connectivity index (χ4n) is 1.34. The van der Waals surface area contributed by atoms with Crippen molar-refractivity contribution in [2.24, 2.45) is 0 Å². The Labute approximate surface area is 120 Å². The van der Waals surface area contributed by atoms with Gasteiger partial charge in [0, 0.05) is 3.57 Å². The van der Waals surface area contributed by atoms with Crippen LogP contribution in [0, 0.1) is 3.57 Å². The van der Waals surface area contributed by atoms with Crippen molar-refractivity contribution >= 4 is 46.0 Å². The molecule has 19 heavy (non-hydrogen) atoms. The maximum absolute atomic E-state index is 11.8. The number of nitrogens with two attached hydrogens (primary N) is 1. The largest absolute Gasteiger partial charge is 0.478 e. The van der Waals surface area contributed by atoms with Gasteiger partial charge in [-0.3, -0.25) is 4.79 Å². The zero-order chi connectivity index (χ0) is 14.0. The molecule has 8 nitrogen and oxygen atoms in total. The number of nitrogens with one attached hydrogen (secondary N) is 1. The van der Waals surface area contributed by atoms with Gasteiger partial charge >= 0.3 is 5.97 Å². The number of halogens is 1. The molecule has 98 valence electrons. The lowest BCUT2D eigenvalue weighted by molar-refractivity contribution is 0.0698. The lowest BCUT2D eigenvalue weighted by Crippen LogP contribution is -2.16. The van der Waals surface area contributed by atoms with E-state index in [4.69, 9.17) is 10.8 Å². The minimum absolute atomic E-state index is 0.0322. The van der Waals surface area contributed by atoms with Crippen LogP contribution in [0.1, 0.15) is 20.8 Å². The van der Waals surface area contributed by atoms with Crippen LogP contribution in [0.2, 0.25) is 0 Å². The number of hydrogen-bond donors (Lipinski definition) is 3. The van der Waals surface area contributed by atoms with Crippen molar-refractivity contribution in [3.05, 3.63) is 33.0 Å².